The highest BCUT2D eigenvalue weighted by Crippen LogP contribution is 2.29. The molecule has 1 aromatic carbocycles. The summed E-state index contributed by atoms with van der Waals surface area (Å²) in [6.45, 7) is 1.16. The van der Waals surface area contributed by atoms with Gasteiger partial charge < -0.3 is 20.1 Å². The Kier molecular flexibility index (Phi) is 6.58. The van der Waals surface area contributed by atoms with Gasteiger partial charge in [0.2, 0.25) is 5.91 Å². The lowest BCUT2D eigenvalue weighted by atomic mass is 9.99. The quantitative estimate of drug-likeness (QED) is 0.806. The summed E-state index contributed by atoms with van der Waals surface area (Å²) in [5.41, 5.74) is 0.771. The van der Waals surface area contributed by atoms with Crippen LogP contribution in [-0.4, -0.2) is 32.2 Å². The summed E-state index contributed by atoms with van der Waals surface area (Å²) >= 11 is 0. The molecule has 1 amide bonds. The Bertz CT molecular complexity index is 520. The van der Waals surface area contributed by atoms with Crippen molar-refractivity contribution in [2.45, 2.75) is 32.9 Å². The van der Waals surface area contributed by atoms with E-state index in [0.717, 1.165) is 24.9 Å². The van der Waals surface area contributed by atoms with Gasteiger partial charge >= 0.3 is 6.61 Å². The van der Waals surface area contributed by atoms with Crippen LogP contribution in [0.3, 0.4) is 0 Å². The Hall–Kier alpha value is -1.89. The molecule has 0 aromatic heterocycles. The zero-order chi connectivity index (χ0) is 16.7. The number of halogens is 2. The van der Waals surface area contributed by atoms with Crippen molar-refractivity contribution in [3.63, 3.8) is 0 Å². The molecule has 1 aliphatic rings. The van der Waals surface area contributed by atoms with Crippen molar-refractivity contribution in [1.82, 2.24) is 10.6 Å². The van der Waals surface area contributed by atoms with E-state index in [4.69, 9.17) is 4.74 Å². The molecule has 1 aromatic rings. The highest BCUT2D eigenvalue weighted by molar-refractivity contribution is 5.79. The van der Waals surface area contributed by atoms with Gasteiger partial charge in [-0.25, -0.2) is 0 Å². The first-order valence-corrected chi connectivity index (χ1v) is 7.79. The molecule has 1 heterocycles. The number of ether oxygens (including phenoxy) is 2. The highest BCUT2D eigenvalue weighted by Gasteiger charge is 2.20. The Morgan fingerprint density at radius 1 is 1.43 bits per heavy atom. The number of hydrogen-bond donors (Lipinski definition) is 2. The van der Waals surface area contributed by atoms with Crippen LogP contribution < -0.4 is 20.1 Å². The molecule has 0 radical (unpaired) electrons. The second kappa shape index (κ2) is 8.67. The van der Waals surface area contributed by atoms with Crippen molar-refractivity contribution in [2.75, 3.05) is 19.7 Å². The molecule has 2 rings (SSSR count). The van der Waals surface area contributed by atoms with Crippen molar-refractivity contribution in [2.24, 2.45) is 5.92 Å². The van der Waals surface area contributed by atoms with E-state index in [1.54, 1.807) is 19.1 Å². The van der Waals surface area contributed by atoms with E-state index in [9.17, 15) is 13.6 Å². The van der Waals surface area contributed by atoms with Crippen LogP contribution in [0.25, 0.3) is 0 Å². The predicted molar refractivity (Wildman–Crippen MR) is 81.7 cm³/mol. The lowest BCUT2D eigenvalue weighted by Crippen LogP contribution is -2.40. The van der Waals surface area contributed by atoms with Crippen LogP contribution in [-0.2, 0) is 11.3 Å². The summed E-state index contributed by atoms with van der Waals surface area (Å²) in [7, 11) is 0. The summed E-state index contributed by atoms with van der Waals surface area (Å²) in [6.07, 6.45) is 1.87. The SMILES string of the molecule is CCOc1cc(CNC(=O)C2CCCNC2)ccc1OC(F)F. The van der Waals surface area contributed by atoms with Crippen LogP contribution in [0.1, 0.15) is 25.3 Å². The monoisotopic (exact) mass is 328 g/mol. The first-order valence-electron chi connectivity index (χ1n) is 7.79. The summed E-state index contributed by atoms with van der Waals surface area (Å²) in [4.78, 5) is 12.1. The summed E-state index contributed by atoms with van der Waals surface area (Å²) in [5.74, 6) is 0.229. The second-order valence-electron chi connectivity index (χ2n) is 5.35. The van der Waals surface area contributed by atoms with Crippen LogP contribution in [0, 0.1) is 5.92 Å². The average molecular weight is 328 g/mol. The largest absolute Gasteiger partial charge is 0.490 e. The number of piperidine rings is 1. The maximum Gasteiger partial charge on any atom is 0.387 e. The highest BCUT2D eigenvalue weighted by atomic mass is 19.3. The Morgan fingerprint density at radius 2 is 2.26 bits per heavy atom. The fraction of sp³-hybridized carbons (Fsp3) is 0.562. The molecule has 7 heteroatoms. The third-order valence-corrected chi connectivity index (χ3v) is 3.66. The van der Waals surface area contributed by atoms with Gasteiger partial charge in [0.15, 0.2) is 11.5 Å². The first-order chi connectivity index (χ1) is 11.1. The van der Waals surface area contributed by atoms with Crippen molar-refractivity contribution in [3.8, 4) is 11.5 Å². The van der Waals surface area contributed by atoms with Gasteiger partial charge in [-0.15, -0.1) is 0 Å². The van der Waals surface area contributed by atoms with Gasteiger partial charge in [-0.3, -0.25) is 4.79 Å². The van der Waals surface area contributed by atoms with Gasteiger partial charge in [0, 0.05) is 13.1 Å². The third kappa shape index (κ3) is 5.35. The van der Waals surface area contributed by atoms with E-state index in [2.05, 4.69) is 15.4 Å². The van der Waals surface area contributed by atoms with Gasteiger partial charge in [-0.1, -0.05) is 6.07 Å². The molecule has 128 valence electrons. The van der Waals surface area contributed by atoms with Crippen LogP contribution in [0.5, 0.6) is 11.5 Å². The van der Waals surface area contributed by atoms with E-state index in [0.29, 0.717) is 19.7 Å². The zero-order valence-corrected chi connectivity index (χ0v) is 13.1. The Morgan fingerprint density at radius 3 is 2.91 bits per heavy atom. The van der Waals surface area contributed by atoms with Crippen LogP contribution in [0.15, 0.2) is 18.2 Å². The van der Waals surface area contributed by atoms with E-state index in [1.165, 1.54) is 6.07 Å². The van der Waals surface area contributed by atoms with Crippen molar-refractivity contribution in [3.05, 3.63) is 23.8 Å². The first kappa shape index (κ1) is 17.5. The molecule has 0 saturated carbocycles. The van der Waals surface area contributed by atoms with Crippen molar-refractivity contribution < 1.29 is 23.0 Å². The van der Waals surface area contributed by atoms with Crippen LogP contribution in [0.2, 0.25) is 0 Å². The predicted octanol–water partition coefficient (Wildman–Crippen LogP) is 2.30. The van der Waals surface area contributed by atoms with E-state index < -0.39 is 6.61 Å². The maximum atomic E-state index is 12.4. The summed E-state index contributed by atoms with van der Waals surface area (Å²) in [5, 5.41) is 6.07. The molecule has 0 spiro atoms. The molecule has 1 unspecified atom stereocenters. The molecule has 5 nitrogen and oxygen atoms in total. The van der Waals surface area contributed by atoms with Gasteiger partial charge in [0.25, 0.3) is 0 Å². The fourth-order valence-electron chi connectivity index (χ4n) is 2.53. The van der Waals surface area contributed by atoms with Crippen LogP contribution in [0.4, 0.5) is 8.78 Å². The molecular weight excluding hydrogens is 306 g/mol. The second-order valence-corrected chi connectivity index (χ2v) is 5.35. The van der Waals surface area contributed by atoms with Crippen LogP contribution >= 0.6 is 0 Å². The minimum absolute atomic E-state index is 0.00284. The third-order valence-electron chi connectivity index (χ3n) is 3.66. The minimum Gasteiger partial charge on any atom is -0.490 e. The molecule has 0 aliphatic carbocycles. The summed E-state index contributed by atoms with van der Waals surface area (Å²) in [6, 6.07) is 4.68. The van der Waals surface area contributed by atoms with E-state index in [1.807, 2.05) is 0 Å². The molecular formula is C16H22F2N2O3. The van der Waals surface area contributed by atoms with E-state index >= 15 is 0 Å². The number of hydrogen-bond acceptors (Lipinski definition) is 4. The van der Waals surface area contributed by atoms with Gasteiger partial charge in [0.05, 0.1) is 12.5 Å². The smallest absolute Gasteiger partial charge is 0.387 e. The molecule has 1 fully saturated rings. The normalized spacial score (nSPS) is 17.8. The van der Waals surface area contributed by atoms with Crippen molar-refractivity contribution >= 4 is 5.91 Å². The molecule has 2 N–H and O–H groups in total. The molecule has 1 saturated heterocycles. The number of amides is 1. The summed E-state index contributed by atoms with van der Waals surface area (Å²) < 4.78 is 34.5. The number of nitrogens with one attached hydrogen (secondary N) is 2. The lowest BCUT2D eigenvalue weighted by Gasteiger charge is -2.22. The number of alkyl halides is 2. The number of rotatable bonds is 7. The standard InChI is InChI=1S/C16H22F2N2O3/c1-2-22-14-8-11(5-6-13(14)23-16(17)18)9-20-15(21)12-4-3-7-19-10-12/h5-6,8,12,16,19H,2-4,7,9-10H2,1H3,(H,20,21). The number of carbonyl (C=O) groups is 1. The topological polar surface area (TPSA) is 59.6 Å². The molecule has 0 bridgehead atoms. The number of benzene rings is 1. The Balaban J connectivity index is 1.96. The Labute approximate surface area is 134 Å². The molecule has 1 atom stereocenters. The molecule has 23 heavy (non-hydrogen) atoms. The van der Waals surface area contributed by atoms with Gasteiger partial charge in [-0.05, 0) is 44.0 Å². The maximum absolute atomic E-state index is 12.4. The number of carbonyl (C=O) groups excluding carboxylic acids is 1. The average Bonchev–Trinajstić information content (AvgIpc) is 2.55. The fourth-order valence-corrected chi connectivity index (χ4v) is 2.53. The lowest BCUT2D eigenvalue weighted by molar-refractivity contribution is -0.125. The molecule has 1 aliphatic heterocycles. The zero-order valence-electron chi connectivity index (χ0n) is 13.1. The minimum atomic E-state index is -2.90. The van der Waals surface area contributed by atoms with Crippen molar-refractivity contribution in [1.29, 1.82) is 0 Å². The van der Waals surface area contributed by atoms with Gasteiger partial charge in [0.1, 0.15) is 0 Å². The van der Waals surface area contributed by atoms with E-state index in [-0.39, 0.29) is 23.3 Å². The van der Waals surface area contributed by atoms with Gasteiger partial charge in [-0.2, -0.15) is 8.78 Å².